The number of benzene rings is 1. The number of amides is 1. The van der Waals surface area contributed by atoms with Crippen LogP contribution in [0.15, 0.2) is 24.3 Å². The van der Waals surface area contributed by atoms with Crippen molar-refractivity contribution in [1.82, 2.24) is 5.32 Å². The molecule has 0 radical (unpaired) electrons. The standard InChI is InChI=1S/C16H23FN2O.ClH/c1-11(10-18)16(20)19-15(12-5-2-3-6-12)13-7-4-8-14(17)9-13;/h4,7-9,11-12,15H,2-3,5-6,10,18H2,1H3,(H,19,20);1H. The van der Waals surface area contributed by atoms with Crippen LogP contribution in [0.3, 0.4) is 0 Å². The average Bonchev–Trinajstić information content (AvgIpc) is 2.97. The van der Waals surface area contributed by atoms with Crippen LogP contribution < -0.4 is 11.1 Å². The van der Waals surface area contributed by atoms with Crippen molar-refractivity contribution < 1.29 is 9.18 Å². The maximum absolute atomic E-state index is 13.4. The van der Waals surface area contributed by atoms with E-state index in [0.29, 0.717) is 12.5 Å². The summed E-state index contributed by atoms with van der Waals surface area (Å²) < 4.78 is 13.4. The zero-order valence-corrected chi connectivity index (χ0v) is 13.2. The first-order valence-electron chi connectivity index (χ1n) is 7.37. The largest absolute Gasteiger partial charge is 0.349 e. The van der Waals surface area contributed by atoms with Crippen molar-refractivity contribution in [3.63, 3.8) is 0 Å². The van der Waals surface area contributed by atoms with E-state index in [-0.39, 0.29) is 36.1 Å². The first-order valence-corrected chi connectivity index (χ1v) is 7.37. The van der Waals surface area contributed by atoms with Crippen LogP contribution in [0.1, 0.15) is 44.2 Å². The Bertz CT molecular complexity index is 463. The lowest BCUT2D eigenvalue weighted by Crippen LogP contribution is -2.38. The number of carbonyl (C=O) groups excluding carboxylic acids is 1. The van der Waals surface area contributed by atoms with Crippen molar-refractivity contribution in [2.24, 2.45) is 17.6 Å². The number of nitrogens with one attached hydrogen (secondary N) is 1. The fourth-order valence-electron chi connectivity index (χ4n) is 2.87. The van der Waals surface area contributed by atoms with Gasteiger partial charge in [-0.2, -0.15) is 0 Å². The molecule has 1 amide bonds. The third kappa shape index (κ3) is 4.68. The van der Waals surface area contributed by atoms with Crippen molar-refractivity contribution in [2.45, 2.75) is 38.6 Å². The molecule has 0 aromatic heterocycles. The van der Waals surface area contributed by atoms with E-state index in [1.54, 1.807) is 6.07 Å². The minimum absolute atomic E-state index is 0. The van der Waals surface area contributed by atoms with E-state index in [4.69, 9.17) is 5.73 Å². The lowest BCUT2D eigenvalue weighted by molar-refractivity contribution is -0.125. The molecule has 0 bridgehead atoms. The van der Waals surface area contributed by atoms with Gasteiger partial charge in [-0.15, -0.1) is 12.4 Å². The molecule has 118 valence electrons. The van der Waals surface area contributed by atoms with E-state index in [2.05, 4.69) is 5.32 Å². The second-order valence-corrected chi connectivity index (χ2v) is 5.72. The quantitative estimate of drug-likeness (QED) is 0.877. The van der Waals surface area contributed by atoms with E-state index in [0.717, 1.165) is 18.4 Å². The van der Waals surface area contributed by atoms with Gasteiger partial charge in [0, 0.05) is 12.5 Å². The third-order valence-corrected chi connectivity index (χ3v) is 4.18. The number of hydrogen-bond acceptors (Lipinski definition) is 2. The topological polar surface area (TPSA) is 55.1 Å². The predicted octanol–water partition coefficient (Wildman–Crippen LogP) is 3.19. The van der Waals surface area contributed by atoms with Crippen molar-refractivity contribution in [3.05, 3.63) is 35.6 Å². The Morgan fingerprint density at radius 3 is 2.67 bits per heavy atom. The Morgan fingerprint density at radius 2 is 2.10 bits per heavy atom. The van der Waals surface area contributed by atoms with Crippen molar-refractivity contribution in [3.8, 4) is 0 Å². The minimum Gasteiger partial charge on any atom is -0.349 e. The van der Waals surface area contributed by atoms with E-state index in [9.17, 15) is 9.18 Å². The Labute approximate surface area is 131 Å². The minimum atomic E-state index is -0.258. The van der Waals surface area contributed by atoms with Gasteiger partial charge in [-0.1, -0.05) is 31.9 Å². The zero-order valence-electron chi connectivity index (χ0n) is 12.3. The molecule has 1 saturated carbocycles. The average molecular weight is 315 g/mol. The van der Waals surface area contributed by atoms with Gasteiger partial charge in [0.25, 0.3) is 0 Å². The molecule has 0 heterocycles. The van der Waals surface area contributed by atoms with Crippen LogP contribution in [0.25, 0.3) is 0 Å². The lowest BCUT2D eigenvalue weighted by Gasteiger charge is -2.26. The maximum atomic E-state index is 13.4. The molecule has 2 rings (SSSR count). The summed E-state index contributed by atoms with van der Waals surface area (Å²) in [6, 6.07) is 6.44. The summed E-state index contributed by atoms with van der Waals surface area (Å²) in [6.07, 6.45) is 4.52. The molecule has 1 aliphatic carbocycles. The fourth-order valence-corrected chi connectivity index (χ4v) is 2.87. The molecule has 0 spiro atoms. The number of halogens is 2. The molecule has 1 aliphatic rings. The fraction of sp³-hybridized carbons (Fsp3) is 0.562. The highest BCUT2D eigenvalue weighted by molar-refractivity contribution is 5.85. The summed E-state index contributed by atoms with van der Waals surface area (Å²) in [6.45, 7) is 2.14. The molecule has 2 atom stereocenters. The highest BCUT2D eigenvalue weighted by Crippen LogP contribution is 2.36. The van der Waals surface area contributed by atoms with Crippen molar-refractivity contribution in [1.29, 1.82) is 0 Å². The smallest absolute Gasteiger partial charge is 0.224 e. The molecule has 0 saturated heterocycles. The maximum Gasteiger partial charge on any atom is 0.224 e. The molecule has 3 N–H and O–H groups in total. The second kappa shape index (κ2) is 8.35. The first kappa shape index (κ1) is 17.9. The Morgan fingerprint density at radius 1 is 1.43 bits per heavy atom. The number of hydrogen-bond donors (Lipinski definition) is 2. The zero-order chi connectivity index (χ0) is 14.5. The number of nitrogens with two attached hydrogens (primary N) is 1. The van der Waals surface area contributed by atoms with Crippen LogP contribution in [0.4, 0.5) is 4.39 Å². The van der Waals surface area contributed by atoms with Crippen molar-refractivity contribution >= 4 is 18.3 Å². The van der Waals surface area contributed by atoms with Gasteiger partial charge in [0.15, 0.2) is 0 Å². The molecule has 1 aromatic rings. The van der Waals surface area contributed by atoms with Gasteiger partial charge in [0.2, 0.25) is 5.91 Å². The van der Waals surface area contributed by atoms with Gasteiger partial charge in [-0.05, 0) is 36.5 Å². The SMILES string of the molecule is CC(CN)C(=O)NC(c1cccc(F)c1)C1CCCC1.Cl. The molecular weight excluding hydrogens is 291 g/mol. The molecule has 1 aromatic carbocycles. The van der Waals surface area contributed by atoms with Crippen LogP contribution in [0, 0.1) is 17.7 Å². The summed E-state index contributed by atoms with van der Waals surface area (Å²) in [5, 5.41) is 3.07. The predicted molar refractivity (Wildman–Crippen MR) is 84.7 cm³/mol. The highest BCUT2D eigenvalue weighted by atomic mass is 35.5. The molecule has 3 nitrogen and oxygen atoms in total. The van der Waals surface area contributed by atoms with Gasteiger partial charge in [-0.25, -0.2) is 4.39 Å². The monoisotopic (exact) mass is 314 g/mol. The molecule has 0 aliphatic heterocycles. The van der Waals surface area contributed by atoms with E-state index in [1.807, 2.05) is 13.0 Å². The Balaban J connectivity index is 0.00000220. The summed E-state index contributed by atoms with van der Waals surface area (Å²) in [4.78, 5) is 12.1. The molecular formula is C16H24ClFN2O. The van der Waals surface area contributed by atoms with Gasteiger partial charge < -0.3 is 11.1 Å². The molecule has 21 heavy (non-hydrogen) atoms. The van der Waals surface area contributed by atoms with E-state index < -0.39 is 0 Å². The van der Waals surface area contributed by atoms with Gasteiger partial charge >= 0.3 is 0 Å². The third-order valence-electron chi connectivity index (χ3n) is 4.18. The molecule has 2 unspecified atom stereocenters. The van der Waals surface area contributed by atoms with Crippen LogP contribution >= 0.6 is 12.4 Å². The number of rotatable bonds is 5. The van der Waals surface area contributed by atoms with Gasteiger partial charge in [-0.3, -0.25) is 4.79 Å². The van der Waals surface area contributed by atoms with Crippen LogP contribution in [0.2, 0.25) is 0 Å². The lowest BCUT2D eigenvalue weighted by atomic mass is 9.91. The second-order valence-electron chi connectivity index (χ2n) is 5.72. The molecule has 1 fully saturated rings. The van der Waals surface area contributed by atoms with Gasteiger partial charge in [0.1, 0.15) is 5.82 Å². The Kier molecular flexibility index (Phi) is 7.12. The van der Waals surface area contributed by atoms with Gasteiger partial charge in [0.05, 0.1) is 6.04 Å². The normalized spacial score (nSPS) is 17.9. The molecule has 5 heteroatoms. The summed E-state index contributed by atoms with van der Waals surface area (Å²) >= 11 is 0. The van der Waals surface area contributed by atoms with Crippen LogP contribution in [0.5, 0.6) is 0 Å². The first-order chi connectivity index (χ1) is 9.61. The Hall–Kier alpha value is -1.13. The van der Waals surface area contributed by atoms with E-state index >= 15 is 0 Å². The van der Waals surface area contributed by atoms with Crippen LogP contribution in [-0.2, 0) is 4.79 Å². The van der Waals surface area contributed by atoms with E-state index in [1.165, 1.54) is 25.0 Å². The highest BCUT2D eigenvalue weighted by Gasteiger charge is 2.28. The number of carbonyl (C=O) groups is 1. The van der Waals surface area contributed by atoms with Crippen molar-refractivity contribution in [2.75, 3.05) is 6.54 Å². The summed E-state index contributed by atoms with van der Waals surface area (Å²) in [5.41, 5.74) is 6.40. The summed E-state index contributed by atoms with van der Waals surface area (Å²) in [5.74, 6) is -0.126. The van der Waals surface area contributed by atoms with Crippen LogP contribution in [-0.4, -0.2) is 12.5 Å². The summed E-state index contributed by atoms with van der Waals surface area (Å²) in [7, 11) is 0.